The van der Waals surface area contributed by atoms with Gasteiger partial charge in [0.25, 0.3) is 0 Å². The zero-order valence-corrected chi connectivity index (χ0v) is 12.9. The van der Waals surface area contributed by atoms with E-state index in [0.29, 0.717) is 12.4 Å². The number of hydrogen-bond donors (Lipinski definition) is 0. The van der Waals surface area contributed by atoms with Crippen molar-refractivity contribution in [3.8, 4) is 0 Å². The van der Waals surface area contributed by atoms with E-state index in [1.165, 1.54) is 11.8 Å². The van der Waals surface area contributed by atoms with E-state index in [0.717, 1.165) is 21.2 Å². The summed E-state index contributed by atoms with van der Waals surface area (Å²) in [7, 11) is 0. The zero-order valence-electron chi connectivity index (χ0n) is 12.1. The van der Waals surface area contributed by atoms with Crippen molar-refractivity contribution < 1.29 is 9.53 Å². The van der Waals surface area contributed by atoms with E-state index in [4.69, 9.17) is 4.74 Å². The minimum absolute atomic E-state index is 0.193. The molecule has 0 unspecified atom stereocenters. The van der Waals surface area contributed by atoms with E-state index in [-0.39, 0.29) is 5.97 Å². The van der Waals surface area contributed by atoms with Gasteiger partial charge in [-0.1, -0.05) is 60.7 Å². The highest BCUT2D eigenvalue weighted by Gasteiger charge is 2.06. The number of rotatable bonds is 5. The Balaban J connectivity index is 1.58. The van der Waals surface area contributed by atoms with Gasteiger partial charge in [-0.25, -0.2) is 0 Å². The van der Waals surface area contributed by atoms with Crippen LogP contribution < -0.4 is 0 Å². The molecule has 0 bridgehead atoms. The fourth-order valence-corrected chi connectivity index (χ4v) is 2.99. The fraction of sp³-hybridized carbons (Fsp3) is 0.105. The number of hydrogen-bond acceptors (Lipinski definition) is 3. The van der Waals surface area contributed by atoms with Crippen LogP contribution in [-0.4, -0.2) is 11.7 Å². The number of carbonyl (C=O) groups excluding carboxylic acids is 1. The average Bonchev–Trinajstić information content (AvgIpc) is 2.59. The van der Waals surface area contributed by atoms with Gasteiger partial charge in [-0.2, -0.15) is 0 Å². The van der Waals surface area contributed by atoms with Gasteiger partial charge in [0, 0.05) is 4.90 Å². The molecule has 0 aliphatic rings. The molecule has 0 saturated heterocycles. The Labute approximate surface area is 134 Å². The van der Waals surface area contributed by atoms with Crippen LogP contribution in [0.25, 0.3) is 10.8 Å². The maximum Gasteiger partial charge on any atom is 0.316 e. The molecule has 22 heavy (non-hydrogen) atoms. The van der Waals surface area contributed by atoms with Crippen molar-refractivity contribution in [2.45, 2.75) is 11.5 Å². The minimum Gasteiger partial charge on any atom is -0.460 e. The van der Waals surface area contributed by atoms with Crippen molar-refractivity contribution in [3.05, 3.63) is 78.4 Å². The molecule has 0 atom stereocenters. The zero-order chi connectivity index (χ0) is 15.2. The molecule has 0 heterocycles. The summed E-state index contributed by atoms with van der Waals surface area (Å²) in [5.41, 5.74) is 1.04. The van der Waals surface area contributed by atoms with Crippen LogP contribution in [0.4, 0.5) is 0 Å². The van der Waals surface area contributed by atoms with Crippen LogP contribution in [0.2, 0.25) is 0 Å². The Hall–Kier alpha value is -2.26. The standard InChI is InChI=1S/C19H16O2S/c20-19(14-22-17-10-2-1-3-11-17)21-13-16-9-6-8-15-7-4-5-12-18(15)16/h1-12H,13-14H2. The molecule has 3 rings (SSSR count). The lowest BCUT2D eigenvalue weighted by atomic mass is 10.1. The minimum atomic E-state index is -0.193. The predicted molar refractivity (Wildman–Crippen MR) is 90.9 cm³/mol. The Bertz CT molecular complexity index is 763. The summed E-state index contributed by atoms with van der Waals surface area (Å²) in [4.78, 5) is 13.0. The summed E-state index contributed by atoms with van der Waals surface area (Å²) in [6.07, 6.45) is 0. The number of fused-ring (bicyclic) bond motifs is 1. The first-order valence-electron chi connectivity index (χ1n) is 7.13. The molecule has 0 aliphatic carbocycles. The smallest absolute Gasteiger partial charge is 0.316 e. The Morgan fingerprint density at radius 3 is 2.45 bits per heavy atom. The van der Waals surface area contributed by atoms with Gasteiger partial charge in [0.15, 0.2) is 0 Å². The van der Waals surface area contributed by atoms with Crippen molar-refractivity contribution in [2.75, 3.05) is 5.75 Å². The van der Waals surface area contributed by atoms with Crippen molar-refractivity contribution in [1.29, 1.82) is 0 Å². The molecular formula is C19H16O2S. The van der Waals surface area contributed by atoms with Gasteiger partial charge in [0.1, 0.15) is 6.61 Å². The molecule has 3 aromatic rings. The number of esters is 1. The van der Waals surface area contributed by atoms with Crippen molar-refractivity contribution in [1.82, 2.24) is 0 Å². The second-order valence-electron chi connectivity index (χ2n) is 4.90. The van der Waals surface area contributed by atoms with E-state index in [1.807, 2.05) is 54.6 Å². The molecule has 0 spiro atoms. The summed E-state index contributed by atoms with van der Waals surface area (Å²) in [6, 6.07) is 24.0. The van der Waals surface area contributed by atoms with E-state index in [9.17, 15) is 4.79 Å². The maximum absolute atomic E-state index is 11.9. The quantitative estimate of drug-likeness (QED) is 0.506. The molecule has 0 N–H and O–H groups in total. The Kier molecular flexibility index (Phi) is 4.76. The summed E-state index contributed by atoms with van der Waals surface area (Å²) in [5.74, 6) is 0.135. The third kappa shape index (κ3) is 3.68. The highest BCUT2D eigenvalue weighted by Crippen LogP contribution is 2.20. The summed E-state index contributed by atoms with van der Waals surface area (Å²) < 4.78 is 5.40. The normalized spacial score (nSPS) is 10.5. The van der Waals surface area contributed by atoms with Crippen LogP contribution in [0.5, 0.6) is 0 Å². The molecular weight excluding hydrogens is 292 g/mol. The van der Waals surface area contributed by atoms with Gasteiger partial charge in [-0.3, -0.25) is 4.79 Å². The average molecular weight is 308 g/mol. The van der Waals surface area contributed by atoms with E-state index in [1.54, 1.807) is 0 Å². The third-order valence-corrected chi connectivity index (χ3v) is 4.35. The fourth-order valence-electron chi connectivity index (χ4n) is 2.28. The number of benzene rings is 3. The highest BCUT2D eigenvalue weighted by atomic mass is 32.2. The number of carbonyl (C=O) groups is 1. The van der Waals surface area contributed by atoms with Crippen LogP contribution in [0, 0.1) is 0 Å². The highest BCUT2D eigenvalue weighted by molar-refractivity contribution is 8.00. The lowest BCUT2D eigenvalue weighted by Crippen LogP contribution is -2.07. The molecule has 0 aromatic heterocycles. The summed E-state index contributed by atoms with van der Waals surface area (Å²) in [6.45, 7) is 0.315. The topological polar surface area (TPSA) is 26.3 Å². The molecule has 0 radical (unpaired) electrons. The number of thioether (sulfide) groups is 1. The molecule has 0 saturated carbocycles. The monoisotopic (exact) mass is 308 g/mol. The predicted octanol–water partition coefficient (Wildman–Crippen LogP) is 4.68. The molecule has 0 fully saturated rings. The second kappa shape index (κ2) is 7.14. The van der Waals surface area contributed by atoms with Crippen LogP contribution in [0.15, 0.2) is 77.7 Å². The second-order valence-corrected chi connectivity index (χ2v) is 5.95. The molecule has 3 heteroatoms. The Morgan fingerprint density at radius 1 is 0.864 bits per heavy atom. The first-order chi connectivity index (χ1) is 10.8. The van der Waals surface area contributed by atoms with Gasteiger partial charge < -0.3 is 4.74 Å². The molecule has 0 amide bonds. The summed E-state index contributed by atoms with van der Waals surface area (Å²) >= 11 is 1.49. The van der Waals surface area contributed by atoms with Gasteiger partial charge in [0.05, 0.1) is 5.75 Å². The van der Waals surface area contributed by atoms with Gasteiger partial charge in [0.2, 0.25) is 0 Å². The third-order valence-electron chi connectivity index (χ3n) is 3.37. The first kappa shape index (κ1) is 14.7. The van der Waals surface area contributed by atoms with Crippen molar-refractivity contribution in [3.63, 3.8) is 0 Å². The number of ether oxygens (including phenoxy) is 1. The van der Waals surface area contributed by atoms with Gasteiger partial charge in [-0.15, -0.1) is 11.8 Å². The van der Waals surface area contributed by atoms with Gasteiger partial charge in [-0.05, 0) is 28.5 Å². The van der Waals surface area contributed by atoms with Crippen LogP contribution in [0.1, 0.15) is 5.56 Å². The van der Waals surface area contributed by atoms with E-state index in [2.05, 4.69) is 18.2 Å². The van der Waals surface area contributed by atoms with Crippen molar-refractivity contribution in [2.24, 2.45) is 0 Å². The molecule has 0 aliphatic heterocycles. The first-order valence-corrected chi connectivity index (χ1v) is 8.11. The van der Waals surface area contributed by atoms with Crippen molar-refractivity contribution >= 4 is 28.5 Å². The van der Waals surface area contributed by atoms with Crippen LogP contribution >= 0.6 is 11.8 Å². The summed E-state index contributed by atoms with van der Waals surface area (Å²) in [5, 5.41) is 2.29. The van der Waals surface area contributed by atoms with E-state index >= 15 is 0 Å². The lowest BCUT2D eigenvalue weighted by Gasteiger charge is -2.08. The van der Waals surface area contributed by atoms with Gasteiger partial charge >= 0.3 is 5.97 Å². The Morgan fingerprint density at radius 2 is 1.59 bits per heavy atom. The molecule has 2 nitrogen and oxygen atoms in total. The maximum atomic E-state index is 11.9. The SMILES string of the molecule is O=C(CSc1ccccc1)OCc1cccc2ccccc12. The van der Waals surface area contributed by atoms with Crippen LogP contribution in [-0.2, 0) is 16.1 Å². The van der Waals surface area contributed by atoms with E-state index < -0.39 is 0 Å². The van der Waals surface area contributed by atoms with Crippen LogP contribution in [0.3, 0.4) is 0 Å². The lowest BCUT2D eigenvalue weighted by molar-refractivity contribution is -0.141. The molecule has 3 aromatic carbocycles. The molecule has 110 valence electrons. The largest absolute Gasteiger partial charge is 0.460 e.